The van der Waals surface area contributed by atoms with Crippen molar-refractivity contribution in [1.29, 1.82) is 0 Å². The van der Waals surface area contributed by atoms with Gasteiger partial charge >= 0.3 is 0 Å². The van der Waals surface area contributed by atoms with Crippen LogP contribution in [0.15, 0.2) is 47.7 Å². The summed E-state index contributed by atoms with van der Waals surface area (Å²) >= 11 is 6.12. The number of aromatic nitrogens is 3. The van der Waals surface area contributed by atoms with Crippen LogP contribution in [0.2, 0.25) is 5.02 Å². The van der Waals surface area contributed by atoms with Gasteiger partial charge in [-0.05, 0) is 30.3 Å². The Morgan fingerprint density at radius 2 is 1.88 bits per heavy atom. The maximum Gasteiger partial charge on any atom is 0.139 e. The second kappa shape index (κ2) is 5.79. The summed E-state index contributed by atoms with van der Waals surface area (Å²) in [6, 6.07) is 8.89. The first-order chi connectivity index (χ1) is 11.6. The van der Waals surface area contributed by atoms with E-state index in [0.29, 0.717) is 29.2 Å². The molecule has 0 amide bonds. The molecule has 2 aromatic carbocycles. The molecule has 0 spiro atoms. The van der Waals surface area contributed by atoms with Gasteiger partial charge < -0.3 is 0 Å². The molecule has 7 heteroatoms. The number of fused-ring (bicyclic) bond motifs is 3. The third kappa shape index (κ3) is 2.39. The first-order valence-corrected chi connectivity index (χ1v) is 7.71. The van der Waals surface area contributed by atoms with Crippen molar-refractivity contribution in [3.63, 3.8) is 0 Å². The van der Waals surface area contributed by atoms with Gasteiger partial charge in [-0.25, -0.2) is 8.78 Å². The van der Waals surface area contributed by atoms with Crippen molar-refractivity contribution in [2.75, 3.05) is 6.54 Å². The molecule has 0 fully saturated rings. The molecule has 0 saturated carbocycles. The molecule has 3 aromatic rings. The predicted octanol–water partition coefficient (Wildman–Crippen LogP) is 3.59. The summed E-state index contributed by atoms with van der Waals surface area (Å²) in [6.07, 6.45) is 2.09. The lowest BCUT2D eigenvalue weighted by Gasteiger charge is -2.18. The Morgan fingerprint density at radius 1 is 1.08 bits per heavy atom. The first-order valence-electron chi connectivity index (χ1n) is 7.33. The van der Waals surface area contributed by atoms with Crippen LogP contribution >= 0.6 is 11.6 Å². The molecule has 0 atom stereocenters. The maximum atomic E-state index is 14.3. The van der Waals surface area contributed by atoms with E-state index in [-0.39, 0.29) is 11.3 Å². The van der Waals surface area contributed by atoms with Crippen LogP contribution in [0.1, 0.15) is 17.0 Å². The number of hydrogen-bond acceptors (Lipinski definition) is 3. The molecule has 120 valence electrons. The van der Waals surface area contributed by atoms with Crippen LogP contribution in [-0.4, -0.2) is 27.0 Å². The van der Waals surface area contributed by atoms with E-state index in [1.807, 2.05) is 0 Å². The highest BCUT2D eigenvalue weighted by Gasteiger charge is 2.23. The summed E-state index contributed by atoms with van der Waals surface area (Å²) in [4.78, 5) is 4.43. The standard InChI is InChI=1S/C17H11ClF2N4/c18-10-4-5-14-11(8-10)17(16-12(19)2-1-3-13(16)20)21-7-6-15-23-22-9-24(14)15/h1-5,8-9H,6-7H2. The molecule has 0 saturated heterocycles. The highest BCUT2D eigenvalue weighted by Crippen LogP contribution is 2.27. The Kier molecular flexibility index (Phi) is 3.61. The zero-order chi connectivity index (χ0) is 16.7. The van der Waals surface area contributed by atoms with Crippen LogP contribution in [0, 0.1) is 11.6 Å². The van der Waals surface area contributed by atoms with Gasteiger partial charge in [-0.3, -0.25) is 9.56 Å². The van der Waals surface area contributed by atoms with Gasteiger partial charge in [0.15, 0.2) is 0 Å². The summed E-state index contributed by atoms with van der Waals surface area (Å²) < 4.78 is 30.4. The number of aliphatic imine (C=N–C) groups is 1. The molecule has 0 unspecified atom stereocenters. The third-order valence-electron chi connectivity index (χ3n) is 3.90. The fraction of sp³-hybridized carbons (Fsp3) is 0.118. The van der Waals surface area contributed by atoms with Crippen molar-refractivity contribution in [2.45, 2.75) is 6.42 Å². The molecule has 1 aliphatic rings. The van der Waals surface area contributed by atoms with Crippen LogP contribution in [0.3, 0.4) is 0 Å². The largest absolute Gasteiger partial charge is 0.285 e. The molecule has 2 heterocycles. The van der Waals surface area contributed by atoms with E-state index in [0.717, 1.165) is 5.82 Å². The Morgan fingerprint density at radius 3 is 2.67 bits per heavy atom. The molecule has 0 aliphatic carbocycles. The molecule has 1 aromatic heterocycles. The minimum Gasteiger partial charge on any atom is -0.285 e. The van der Waals surface area contributed by atoms with E-state index in [4.69, 9.17) is 11.6 Å². The third-order valence-corrected chi connectivity index (χ3v) is 4.13. The van der Waals surface area contributed by atoms with E-state index in [1.54, 1.807) is 29.1 Å². The minimum absolute atomic E-state index is 0.155. The van der Waals surface area contributed by atoms with E-state index < -0.39 is 11.6 Å². The molecule has 4 nitrogen and oxygen atoms in total. The van der Waals surface area contributed by atoms with Crippen molar-refractivity contribution in [2.24, 2.45) is 4.99 Å². The van der Waals surface area contributed by atoms with Gasteiger partial charge in [0.2, 0.25) is 0 Å². The summed E-state index contributed by atoms with van der Waals surface area (Å²) in [5.41, 5.74) is 1.30. The van der Waals surface area contributed by atoms with E-state index >= 15 is 0 Å². The SMILES string of the molecule is Fc1cccc(F)c1C1=NCCc2nncn2-c2ccc(Cl)cc21. The normalized spacial score (nSPS) is 13.5. The highest BCUT2D eigenvalue weighted by molar-refractivity contribution is 6.31. The Balaban J connectivity index is 2.02. The number of nitrogens with zero attached hydrogens (tertiary/aromatic N) is 4. The number of benzene rings is 2. The Bertz CT molecular complexity index is 945. The number of halogens is 3. The van der Waals surface area contributed by atoms with Crippen molar-refractivity contribution >= 4 is 17.3 Å². The van der Waals surface area contributed by atoms with Gasteiger partial charge in [0.05, 0.1) is 17.0 Å². The van der Waals surface area contributed by atoms with Crippen LogP contribution in [0.25, 0.3) is 5.69 Å². The summed E-state index contributed by atoms with van der Waals surface area (Å²) in [7, 11) is 0. The van der Waals surface area contributed by atoms with Gasteiger partial charge in [0, 0.05) is 23.6 Å². The van der Waals surface area contributed by atoms with E-state index in [2.05, 4.69) is 15.2 Å². The molecule has 24 heavy (non-hydrogen) atoms. The average molecular weight is 345 g/mol. The monoisotopic (exact) mass is 344 g/mol. The molecule has 0 radical (unpaired) electrons. The van der Waals surface area contributed by atoms with E-state index in [1.165, 1.54) is 18.2 Å². The fourth-order valence-electron chi connectivity index (χ4n) is 2.83. The Hall–Kier alpha value is -2.60. The van der Waals surface area contributed by atoms with Gasteiger partial charge in [-0.1, -0.05) is 17.7 Å². The lowest BCUT2D eigenvalue weighted by Crippen LogP contribution is -2.17. The van der Waals surface area contributed by atoms with Crippen LogP contribution < -0.4 is 0 Å². The predicted molar refractivity (Wildman–Crippen MR) is 86.9 cm³/mol. The second-order valence-electron chi connectivity index (χ2n) is 5.36. The lowest BCUT2D eigenvalue weighted by atomic mass is 9.98. The molecule has 0 bridgehead atoms. The van der Waals surface area contributed by atoms with Gasteiger partial charge in [0.1, 0.15) is 23.8 Å². The maximum absolute atomic E-state index is 14.3. The van der Waals surface area contributed by atoms with Gasteiger partial charge in [-0.2, -0.15) is 0 Å². The van der Waals surface area contributed by atoms with Crippen LogP contribution in [-0.2, 0) is 6.42 Å². The number of hydrogen-bond donors (Lipinski definition) is 0. The average Bonchev–Trinajstić information content (AvgIpc) is 2.99. The molecular weight excluding hydrogens is 334 g/mol. The quantitative estimate of drug-likeness (QED) is 0.677. The van der Waals surface area contributed by atoms with Crippen molar-refractivity contribution < 1.29 is 8.78 Å². The van der Waals surface area contributed by atoms with Crippen LogP contribution in [0.4, 0.5) is 8.78 Å². The molecule has 0 N–H and O–H groups in total. The molecular formula is C17H11ClF2N4. The zero-order valence-corrected chi connectivity index (χ0v) is 13.1. The summed E-state index contributed by atoms with van der Waals surface area (Å²) in [5, 5.41) is 8.45. The second-order valence-corrected chi connectivity index (χ2v) is 5.79. The highest BCUT2D eigenvalue weighted by atomic mass is 35.5. The first kappa shape index (κ1) is 15.0. The summed E-state index contributed by atoms with van der Waals surface area (Å²) in [6.45, 7) is 0.341. The van der Waals surface area contributed by atoms with Crippen molar-refractivity contribution in [3.05, 3.63) is 76.3 Å². The minimum atomic E-state index is -0.663. The topological polar surface area (TPSA) is 43.1 Å². The Labute approximate surface area is 141 Å². The molecule has 1 aliphatic heterocycles. The fourth-order valence-corrected chi connectivity index (χ4v) is 3.00. The smallest absolute Gasteiger partial charge is 0.139 e. The van der Waals surface area contributed by atoms with Gasteiger partial charge in [-0.15, -0.1) is 10.2 Å². The van der Waals surface area contributed by atoms with Crippen molar-refractivity contribution in [1.82, 2.24) is 14.8 Å². The zero-order valence-electron chi connectivity index (χ0n) is 12.4. The van der Waals surface area contributed by atoms with E-state index in [9.17, 15) is 8.78 Å². The van der Waals surface area contributed by atoms with Crippen molar-refractivity contribution in [3.8, 4) is 5.69 Å². The summed E-state index contributed by atoms with van der Waals surface area (Å²) in [5.74, 6) is -0.594. The number of rotatable bonds is 1. The lowest BCUT2D eigenvalue weighted by molar-refractivity contribution is 0.579. The molecule has 4 rings (SSSR count). The van der Waals surface area contributed by atoms with Gasteiger partial charge in [0.25, 0.3) is 0 Å². The van der Waals surface area contributed by atoms with Crippen LogP contribution in [0.5, 0.6) is 0 Å².